The number of fused-ring (bicyclic) bond motifs is 1. The Morgan fingerprint density at radius 3 is 2.52 bits per heavy atom. The number of nitrogens with two attached hydrogens (primary N) is 1. The molecule has 3 aliphatic rings. The van der Waals surface area contributed by atoms with Gasteiger partial charge in [0.25, 0.3) is 0 Å². The minimum absolute atomic E-state index is 0.199. The van der Waals surface area contributed by atoms with Crippen LogP contribution in [-0.2, 0) is 6.42 Å². The van der Waals surface area contributed by atoms with Crippen LogP contribution in [0, 0.1) is 17.8 Å². The molecule has 2 N–H and O–H groups in total. The normalized spacial score (nSPS) is 22.4. The topological polar surface area (TPSA) is 72.9 Å². The number of nitrogens with zero attached hydrogens (tertiary/aromatic N) is 5. The highest BCUT2D eigenvalue weighted by Gasteiger charge is 2.35. The van der Waals surface area contributed by atoms with Crippen LogP contribution < -0.4 is 5.73 Å². The van der Waals surface area contributed by atoms with E-state index in [0.29, 0.717) is 18.3 Å². The summed E-state index contributed by atoms with van der Waals surface area (Å²) in [5.41, 5.74) is 10.4. The predicted molar refractivity (Wildman–Crippen MR) is 179 cm³/mol. The Morgan fingerprint density at radius 1 is 1.05 bits per heavy atom. The molecule has 4 heterocycles. The molecule has 2 unspecified atom stereocenters. The fourth-order valence-corrected chi connectivity index (χ4v) is 8.50. The van der Waals surface area contributed by atoms with Gasteiger partial charge in [-0.2, -0.15) is 4.98 Å². The zero-order valence-electron chi connectivity index (χ0n) is 25.4. The molecular formula is C34H47ClN6S. The van der Waals surface area contributed by atoms with Crippen molar-refractivity contribution in [3.05, 3.63) is 59.5 Å². The fraction of sp³-hybridized carbons (Fsp3) is 0.559. The van der Waals surface area contributed by atoms with E-state index in [1.54, 1.807) is 17.4 Å². The molecule has 6 nitrogen and oxygen atoms in total. The van der Waals surface area contributed by atoms with Gasteiger partial charge < -0.3 is 15.2 Å². The van der Waals surface area contributed by atoms with Gasteiger partial charge in [-0.25, -0.2) is 9.97 Å². The van der Waals surface area contributed by atoms with E-state index in [4.69, 9.17) is 27.3 Å². The molecular weight excluding hydrogens is 560 g/mol. The highest BCUT2D eigenvalue weighted by atomic mass is 35.5. The summed E-state index contributed by atoms with van der Waals surface area (Å²) in [6.07, 6.45) is 20.6. The molecule has 2 saturated carbocycles. The number of hydrogen-bond acceptors (Lipinski definition) is 6. The van der Waals surface area contributed by atoms with E-state index < -0.39 is 0 Å². The number of nitrogen functional groups attached to an aromatic ring is 1. The van der Waals surface area contributed by atoms with E-state index in [2.05, 4.69) is 39.2 Å². The number of hydrogen-bond donors (Lipinski definition) is 1. The molecule has 3 fully saturated rings. The zero-order chi connectivity index (χ0) is 29.6. The lowest BCUT2D eigenvalue weighted by atomic mass is 9.83. The van der Waals surface area contributed by atoms with Crippen LogP contribution in [0.25, 0.3) is 21.6 Å². The third-order valence-electron chi connectivity index (χ3n) is 9.56. The zero-order valence-corrected chi connectivity index (χ0v) is 27.0. The van der Waals surface area contributed by atoms with Crippen LogP contribution in [0.1, 0.15) is 83.4 Å². The van der Waals surface area contributed by atoms with Gasteiger partial charge in [0.2, 0.25) is 5.28 Å². The highest BCUT2D eigenvalue weighted by Crippen LogP contribution is 2.45. The second-order valence-electron chi connectivity index (χ2n) is 12.0. The summed E-state index contributed by atoms with van der Waals surface area (Å²) in [4.78, 5) is 16.7. The second-order valence-corrected chi connectivity index (χ2v) is 13.2. The molecule has 3 aromatic rings. The van der Waals surface area contributed by atoms with Crippen molar-refractivity contribution in [2.75, 3.05) is 25.4 Å². The van der Waals surface area contributed by atoms with Crippen LogP contribution >= 0.6 is 22.9 Å². The SMILES string of the molecule is C=C/C=C(\C=C)Cc1csc(-c2cn(C3CCC(C4CCN(CC5CCCC5)CC4)C3)c3nc(Cl)nc(N)c23)n1.CC. The number of aromatic nitrogens is 4. The largest absolute Gasteiger partial charge is 0.383 e. The highest BCUT2D eigenvalue weighted by molar-refractivity contribution is 7.13. The van der Waals surface area contributed by atoms with Gasteiger partial charge in [-0.15, -0.1) is 11.3 Å². The summed E-state index contributed by atoms with van der Waals surface area (Å²) in [6, 6.07) is 0.394. The van der Waals surface area contributed by atoms with E-state index >= 15 is 0 Å². The Kier molecular flexibility index (Phi) is 10.6. The van der Waals surface area contributed by atoms with Crippen molar-refractivity contribution in [3.8, 4) is 10.6 Å². The van der Waals surface area contributed by atoms with Crippen LogP contribution in [-0.4, -0.2) is 44.1 Å². The number of anilines is 1. The van der Waals surface area contributed by atoms with Gasteiger partial charge >= 0.3 is 0 Å². The molecule has 0 radical (unpaired) electrons. The van der Waals surface area contributed by atoms with Crippen molar-refractivity contribution in [1.82, 2.24) is 24.4 Å². The number of allylic oxidation sites excluding steroid dienone is 4. The summed E-state index contributed by atoms with van der Waals surface area (Å²) in [5, 5.41) is 4.10. The van der Waals surface area contributed by atoms with E-state index in [1.165, 1.54) is 71.0 Å². The molecule has 0 bridgehead atoms. The standard InChI is InChI=1S/C32H41ClN6S.C2H6/c1-3-7-21(4-2)16-25-20-40-31(35-25)27-19-39(30-28(27)29(34)36-32(33)37-30)26-11-10-24(17-26)23-12-14-38(15-13-23)18-22-8-5-6-9-22;1-2/h3-4,7,19-20,22-24,26H,1-2,5-6,8-18H2,(H2,34,36,37);1-2H3/b21-7+;. The van der Waals surface area contributed by atoms with Crippen molar-refractivity contribution >= 4 is 39.8 Å². The Bertz CT molecular complexity index is 1390. The van der Waals surface area contributed by atoms with Crippen LogP contribution in [0.4, 0.5) is 5.82 Å². The monoisotopic (exact) mass is 606 g/mol. The van der Waals surface area contributed by atoms with Crippen LogP contribution in [0.2, 0.25) is 5.28 Å². The first kappa shape index (κ1) is 31.0. The Morgan fingerprint density at radius 2 is 1.81 bits per heavy atom. The molecule has 0 amide bonds. The molecule has 1 aliphatic heterocycles. The molecule has 6 rings (SSSR count). The lowest BCUT2D eigenvalue weighted by Crippen LogP contribution is -2.38. The second kappa shape index (κ2) is 14.3. The fourth-order valence-electron chi connectivity index (χ4n) is 7.50. The average Bonchev–Trinajstić information content (AvgIpc) is 3.81. The minimum Gasteiger partial charge on any atom is -0.383 e. The predicted octanol–water partition coefficient (Wildman–Crippen LogP) is 8.90. The number of thiazole rings is 1. The van der Waals surface area contributed by atoms with E-state index in [-0.39, 0.29) is 5.28 Å². The summed E-state index contributed by atoms with van der Waals surface area (Å²) in [6.45, 7) is 15.6. The lowest BCUT2D eigenvalue weighted by molar-refractivity contribution is 0.131. The maximum atomic E-state index is 6.46. The third kappa shape index (κ3) is 6.84. The number of rotatable bonds is 9. The van der Waals surface area contributed by atoms with Crippen molar-refractivity contribution in [1.29, 1.82) is 0 Å². The van der Waals surface area contributed by atoms with Gasteiger partial charge in [-0.3, -0.25) is 0 Å². The van der Waals surface area contributed by atoms with Crippen LogP contribution in [0.5, 0.6) is 0 Å². The van der Waals surface area contributed by atoms with Crippen LogP contribution in [0.15, 0.2) is 48.5 Å². The Labute approximate surface area is 260 Å². The average molecular weight is 607 g/mol. The van der Waals surface area contributed by atoms with Crippen molar-refractivity contribution < 1.29 is 0 Å². The maximum Gasteiger partial charge on any atom is 0.226 e. The molecule has 0 aromatic carbocycles. The third-order valence-corrected chi connectivity index (χ3v) is 10.7. The van der Waals surface area contributed by atoms with E-state index in [0.717, 1.165) is 57.0 Å². The summed E-state index contributed by atoms with van der Waals surface area (Å²) in [5.74, 6) is 2.97. The number of halogens is 1. The number of likely N-dealkylation sites (tertiary alicyclic amines) is 1. The molecule has 2 aliphatic carbocycles. The smallest absolute Gasteiger partial charge is 0.226 e. The van der Waals surface area contributed by atoms with Gasteiger partial charge in [0.15, 0.2) is 0 Å². The molecule has 226 valence electrons. The summed E-state index contributed by atoms with van der Waals surface area (Å²) < 4.78 is 2.33. The molecule has 8 heteroatoms. The maximum absolute atomic E-state index is 6.46. The van der Waals surface area contributed by atoms with Gasteiger partial charge in [-0.1, -0.05) is 58.1 Å². The molecule has 1 saturated heterocycles. The van der Waals surface area contributed by atoms with Crippen molar-refractivity contribution in [2.24, 2.45) is 17.8 Å². The first-order valence-electron chi connectivity index (χ1n) is 16.0. The van der Waals surface area contributed by atoms with Gasteiger partial charge in [-0.05, 0) is 93.0 Å². The first-order chi connectivity index (χ1) is 20.5. The Hall–Kier alpha value is -2.48. The Balaban J connectivity index is 0.00000173. The summed E-state index contributed by atoms with van der Waals surface area (Å²) >= 11 is 7.96. The van der Waals surface area contributed by atoms with Crippen LogP contribution in [0.3, 0.4) is 0 Å². The molecule has 42 heavy (non-hydrogen) atoms. The van der Waals surface area contributed by atoms with Gasteiger partial charge in [0.1, 0.15) is 16.5 Å². The lowest BCUT2D eigenvalue weighted by Gasteiger charge is -2.36. The van der Waals surface area contributed by atoms with E-state index in [9.17, 15) is 0 Å². The van der Waals surface area contributed by atoms with Gasteiger partial charge in [0.05, 0.1) is 11.1 Å². The summed E-state index contributed by atoms with van der Waals surface area (Å²) in [7, 11) is 0. The minimum atomic E-state index is 0.199. The molecule has 2 atom stereocenters. The number of piperidine rings is 1. The van der Waals surface area contributed by atoms with Crippen molar-refractivity contribution in [2.45, 2.75) is 84.1 Å². The first-order valence-corrected chi connectivity index (χ1v) is 17.2. The van der Waals surface area contributed by atoms with Gasteiger partial charge in [0, 0.05) is 36.1 Å². The quantitative estimate of drug-likeness (QED) is 0.194. The molecule has 0 spiro atoms. The van der Waals surface area contributed by atoms with Crippen molar-refractivity contribution in [3.63, 3.8) is 0 Å². The van der Waals surface area contributed by atoms with E-state index in [1.807, 2.05) is 26.0 Å². The molecule has 3 aromatic heterocycles.